The summed E-state index contributed by atoms with van der Waals surface area (Å²) < 4.78 is 12.8. The van der Waals surface area contributed by atoms with Crippen molar-refractivity contribution in [2.24, 2.45) is 0 Å². The molecule has 108 valence electrons. The number of benzene rings is 2. The molecule has 4 heteroatoms. The van der Waals surface area contributed by atoms with Gasteiger partial charge in [-0.05, 0) is 36.8 Å². The Hall–Kier alpha value is -2.49. The Labute approximate surface area is 122 Å². The van der Waals surface area contributed by atoms with Crippen molar-refractivity contribution in [2.75, 3.05) is 6.54 Å². The minimum Gasteiger partial charge on any atom is -0.348 e. The van der Waals surface area contributed by atoms with Crippen LogP contribution in [0.25, 0.3) is 0 Å². The lowest BCUT2D eigenvalue weighted by Gasteiger charge is -2.05. The maximum atomic E-state index is 12.8. The Balaban J connectivity index is 1.84. The van der Waals surface area contributed by atoms with Gasteiger partial charge in [0.2, 0.25) is 5.91 Å². The average molecular weight is 285 g/mol. The number of nitrogens with one attached hydrogen (secondary N) is 1. The van der Waals surface area contributed by atoms with Gasteiger partial charge in [-0.1, -0.05) is 29.8 Å². The van der Waals surface area contributed by atoms with Gasteiger partial charge in [0.25, 0.3) is 0 Å². The Bertz CT molecular complexity index is 633. The summed E-state index contributed by atoms with van der Waals surface area (Å²) in [6.45, 7) is 1.89. The van der Waals surface area contributed by atoms with Gasteiger partial charge < -0.3 is 5.32 Å². The fraction of sp³-hybridized carbons (Fsp3) is 0.176. The SMILES string of the molecule is Cc1ccc(CC(=O)NCC(=O)c2ccc(F)cc2)cc1. The van der Waals surface area contributed by atoms with Crippen molar-refractivity contribution in [1.29, 1.82) is 0 Å². The molecule has 0 bridgehead atoms. The van der Waals surface area contributed by atoms with E-state index in [2.05, 4.69) is 5.32 Å². The highest BCUT2D eigenvalue weighted by Crippen LogP contribution is 2.05. The molecule has 0 aliphatic rings. The molecule has 0 saturated carbocycles. The number of carbonyl (C=O) groups excluding carboxylic acids is 2. The summed E-state index contributed by atoms with van der Waals surface area (Å²) in [5, 5.41) is 2.58. The largest absolute Gasteiger partial charge is 0.348 e. The second kappa shape index (κ2) is 6.79. The molecular weight excluding hydrogens is 269 g/mol. The number of carbonyl (C=O) groups is 2. The molecular formula is C17H16FNO2. The first-order chi connectivity index (χ1) is 10.0. The highest BCUT2D eigenvalue weighted by molar-refractivity contribution is 5.99. The minimum absolute atomic E-state index is 0.0870. The van der Waals surface area contributed by atoms with E-state index >= 15 is 0 Å². The van der Waals surface area contributed by atoms with Crippen LogP contribution in [0.4, 0.5) is 4.39 Å². The molecule has 0 aromatic heterocycles. The van der Waals surface area contributed by atoms with E-state index in [0.29, 0.717) is 5.56 Å². The second-order valence-corrected chi connectivity index (χ2v) is 4.87. The number of amides is 1. The van der Waals surface area contributed by atoms with E-state index in [-0.39, 0.29) is 24.7 Å². The lowest BCUT2D eigenvalue weighted by Crippen LogP contribution is -2.30. The molecule has 0 atom stereocenters. The maximum absolute atomic E-state index is 12.8. The van der Waals surface area contributed by atoms with Crippen LogP contribution in [0.15, 0.2) is 48.5 Å². The highest BCUT2D eigenvalue weighted by Gasteiger charge is 2.09. The first-order valence-electron chi connectivity index (χ1n) is 6.65. The first-order valence-corrected chi connectivity index (χ1v) is 6.65. The van der Waals surface area contributed by atoms with Crippen LogP contribution in [0.1, 0.15) is 21.5 Å². The molecule has 0 aliphatic carbocycles. The molecule has 2 aromatic rings. The Morgan fingerprint density at radius 1 is 1.00 bits per heavy atom. The summed E-state index contributed by atoms with van der Waals surface area (Å²) in [5.74, 6) is -0.850. The lowest BCUT2D eigenvalue weighted by atomic mass is 10.1. The standard InChI is InChI=1S/C17H16FNO2/c1-12-2-4-13(5-3-12)10-17(21)19-11-16(20)14-6-8-15(18)9-7-14/h2-9H,10-11H2,1H3,(H,19,21). The zero-order chi connectivity index (χ0) is 15.2. The molecule has 0 spiro atoms. The predicted octanol–water partition coefficient (Wildman–Crippen LogP) is 2.68. The molecule has 0 unspecified atom stereocenters. The Morgan fingerprint density at radius 2 is 1.62 bits per heavy atom. The Morgan fingerprint density at radius 3 is 2.24 bits per heavy atom. The molecule has 0 fully saturated rings. The van der Waals surface area contributed by atoms with Gasteiger partial charge in [0.1, 0.15) is 5.82 Å². The van der Waals surface area contributed by atoms with E-state index in [1.807, 2.05) is 31.2 Å². The fourth-order valence-corrected chi connectivity index (χ4v) is 1.87. The molecule has 2 aromatic carbocycles. The smallest absolute Gasteiger partial charge is 0.224 e. The molecule has 0 saturated heterocycles. The minimum atomic E-state index is -0.394. The van der Waals surface area contributed by atoms with Crippen molar-refractivity contribution < 1.29 is 14.0 Å². The van der Waals surface area contributed by atoms with Gasteiger partial charge in [0, 0.05) is 5.56 Å². The van der Waals surface area contributed by atoms with Crippen molar-refractivity contribution in [2.45, 2.75) is 13.3 Å². The summed E-state index contributed by atoms with van der Waals surface area (Å²) in [6, 6.07) is 12.9. The molecule has 0 radical (unpaired) electrons. The zero-order valence-electron chi connectivity index (χ0n) is 11.7. The number of ketones is 1. The summed E-state index contributed by atoms with van der Waals surface area (Å²) >= 11 is 0. The van der Waals surface area contributed by atoms with E-state index in [9.17, 15) is 14.0 Å². The van der Waals surface area contributed by atoms with E-state index < -0.39 is 5.82 Å². The number of hydrogen-bond acceptors (Lipinski definition) is 2. The molecule has 3 nitrogen and oxygen atoms in total. The van der Waals surface area contributed by atoms with Gasteiger partial charge in [0.05, 0.1) is 13.0 Å². The average Bonchev–Trinajstić information content (AvgIpc) is 2.48. The van der Waals surface area contributed by atoms with E-state index in [1.165, 1.54) is 24.3 Å². The van der Waals surface area contributed by atoms with Crippen molar-refractivity contribution in [1.82, 2.24) is 5.32 Å². The molecule has 21 heavy (non-hydrogen) atoms. The summed E-state index contributed by atoms with van der Waals surface area (Å²) in [6.07, 6.45) is 0.233. The van der Waals surface area contributed by atoms with Crippen LogP contribution in [-0.2, 0) is 11.2 Å². The number of Topliss-reactive ketones (excluding diaryl/α,β-unsaturated/α-hetero) is 1. The van der Waals surface area contributed by atoms with E-state index in [0.717, 1.165) is 11.1 Å². The maximum Gasteiger partial charge on any atom is 0.224 e. The highest BCUT2D eigenvalue weighted by atomic mass is 19.1. The van der Waals surface area contributed by atoms with Crippen molar-refractivity contribution in [3.8, 4) is 0 Å². The molecule has 1 N–H and O–H groups in total. The summed E-state index contributed by atoms with van der Waals surface area (Å²) in [7, 11) is 0. The van der Waals surface area contributed by atoms with Crippen LogP contribution < -0.4 is 5.32 Å². The quantitative estimate of drug-likeness (QED) is 0.859. The van der Waals surface area contributed by atoms with Crippen LogP contribution in [0.2, 0.25) is 0 Å². The third-order valence-electron chi connectivity index (χ3n) is 3.10. The van der Waals surface area contributed by atoms with E-state index in [1.54, 1.807) is 0 Å². The Kier molecular flexibility index (Phi) is 4.82. The monoisotopic (exact) mass is 285 g/mol. The van der Waals surface area contributed by atoms with Gasteiger partial charge in [0.15, 0.2) is 5.78 Å². The van der Waals surface area contributed by atoms with Gasteiger partial charge in [-0.2, -0.15) is 0 Å². The van der Waals surface area contributed by atoms with Crippen LogP contribution in [0.5, 0.6) is 0 Å². The number of aryl methyl sites for hydroxylation is 1. The normalized spacial score (nSPS) is 10.2. The first kappa shape index (κ1) is 14.9. The molecule has 0 heterocycles. The second-order valence-electron chi connectivity index (χ2n) is 4.87. The zero-order valence-corrected chi connectivity index (χ0v) is 11.7. The number of hydrogen-bond donors (Lipinski definition) is 1. The van der Waals surface area contributed by atoms with Crippen LogP contribution in [0.3, 0.4) is 0 Å². The van der Waals surface area contributed by atoms with Gasteiger partial charge in [-0.15, -0.1) is 0 Å². The summed E-state index contributed by atoms with van der Waals surface area (Å²) in [4.78, 5) is 23.6. The van der Waals surface area contributed by atoms with E-state index in [4.69, 9.17) is 0 Å². The fourth-order valence-electron chi connectivity index (χ4n) is 1.87. The lowest BCUT2D eigenvalue weighted by molar-refractivity contribution is -0.120. The van der Waals surface area contributed by atoms with Crippen molar-refractivity contribution in [3.05, 3.63) is 71.0 Å². The van der Waals surface area contributed by atoms with Gasteiger partial charge in [-0.25, -0.2) is 4.39 Å². The third-order valence-corrected chi connectivity index (χ3v) is 3.10. The predicted molar refractivity (Wildman–Crippen MR) is 78.6 cm³/mol. The number of halogens is 1. The van der Waals surface area contributed by atoms with Crippen LogP contribution in [0, 0.1) is 12.7 Å². The van der Waals surface area contributed by atoms with Crippen LogP contribution >= 0.6 is 0 Å². The van der Waals surface area contributed by atoms with Crippen molar-refractivity contribution in [3.63, 3.8) is 0 Å². The van der Waals surface area contributed by atoms with Gasteiger partial charge >= 0.3 is 0 Å². The third kappa shape index (κ3) is 4.53. The number of rotatable bonds is 5. The topological polar surface area (TPSA) is 46.2 Å². The van der Waals surface area contributed by atoms with Crippen LogP contribution in [-0.4, -0.2) is 18.2 Å². The van der Waals surface area contributed by atoms with Gasteiger partial charge in [-0.3, -0.25) is 9.59 Å². The molecule has 1 amide bonds. The summed E-state index contributed by atoms with van der Waals surface area (Å²) in [5.41, 5.74) is 2.41. The molecule has 0 aliphatic heterocycles. The van der Waals surface area contributed by atoms with Crippen molar-refractivity contribution >= 4 is 11.7 Å². The molecule has 2 rings (SSSR count).